The summed E-state index contributed by atoms with van der Waals surface area (Å²) in [6.07, 6.45) is -0.147. The number of benzene rings is 3. The number of hydrogen-bond acceptors (Lipinski definition) is 9. The van der Waals surface area contributed by atoms with Gasteiger partial charge in [0.25, 0.3) is 0 Å². The molecular formula is C38H44N2O9. The van der Waals surface area contributed by atoms with Gasteiger partial charge in [-0.3, -0.25) is 14.4 Å². The van der Waals surface area contributed by atoms with Gasteiger partial charge in [-0.2, -0.15) is 0 Å². The number of carbonyl (C=O) groups excluding carboxylic acids is 3. The van der Waals surface area contributed by atoms with E-state index in [1.807, 2.05) is 44.2 Å². The standard InChI is InChI=1S/C38H44N2O9/c1-7-22(2)34(42)39-30-14-11-19-40(30)35(43)33-31(24-12-9-8-10-13-24)38(25-15-17-26(45-4)18-16-25)36(48-23(3)41)37(33,44)32-28(47-6)20-27(46-5)21-29(32)49-38/h8-10,12-13,15-18,20-22,30-31,33,36,44H,7,11,14,19H2,1-6H3,(H,39,42)/t22?,30-,31-,33+,36+,37-,38-/m0/s1. The van der Waals surface area contributed by atoms with Crippen LogP contribution >= 0.6 is 0 Å². The van der Waals surface area contributed by atoms with Crippen molar-refractivity contribution in [3.63, 3.8) is 0 Å². The van der Waals surface area contributed by atoms with Crippen molar-refractivity contribution >= 4 is 17.8 Å². The molecule has 2 N–H and O–H groups in total. The number of esters is 1. The number of nitrogens with one attached hydrogen (secondary N) is 1. The first kappa shape index (κ1) is 34.1. The van der Waals surface area contributed by atoms with Gasteiger partial charge in [-0.15, -0.1) is 0 Å². The molecule has 0 aromatic heterocycles. The zero-order valence-electron chi connectivity index (χ0n) is 28.7. The van der Waals surface area contributed by atoms with Crippen LogP contribution in [0.15, 0.2) is 66.7 Å². The van der Waals surface area contributed by atoms with Crippen LogP contribution in [0.1, 0.15) is 62.6 Å². The van der Waals surface area contributed by atoms with E-state index in [2.05, 4.69) is 5.32 Å². The maximum atomic E-state index is 15.4. The molecule has 3 aromatic rings. The van der Waals surface area contributed by atoms with Gasteiger partial charge in [0.2, 0.25) is 11.8 Å². The fourth-order valence-corrected chi connectivity index (χ4v) is 7.93. The highest BCUT2D eigenvalue weighted by atomic mass is 16.6. The molecule has 0 spiro atoms. The minimum atomic E-state index is -2.18. The third-order valence-electron chi connectivity index (χ3n) is 10.4. The molecule has 6 rings (SSSR count). The van der Waals surface area contributed by atoms with E-state index in [1.165, 1.54) is 21.1 Å². The van der Waals surface area contributed by atoms with Gasteiger partial charge >= 0.3 is 5.97 Å². The highest BCUT2D eigenvalue weighted by Crippen LogP contribution is 2.69. The van der Waals surface area contributed by atoms with Gasteiger partial charge in [0.1, 0.15) is 29.2 Å². The number of rotatable bonds is 10. The van der Waals surface area contributed by atoms with Crippen molar-refractivity contribution in [2.24, 2.45) is 11.8 Å². The first-order valence-electron chi connectivity index (χ1n) is 16.7. The van der Waals surface area contributed by atoms with Crippen molar-refractivity contribution in [2.75, 3.05) is 27.9 Å². The smallest absolute Gasteiger partial charge is 0.303 e. The number of ether oxygens (including phenoxy) is 5. The van der Waals surface area contributed by atoms with E-state index in [0.29, 0.717) is 48.4 Å². The molecule has 2 heterocycles. The lowest BCUT2D eigenvalue weighted by molar-refractivity contribution is -0.196. The molecule has 2 aliphatic heterocycles. The second-order valence-corrected chi connectivity index (χ2v) is 13.0. The second-order valence-electron chi connectivity index (χ2n) is 13.0. The number of likely N-dealkylation sites (tertiary alicyclic amines) is 1. The Bertz CT molecular complexity index is 1710. The van der Waals surface area contributed by atoms with Gasteiger partial charge in [-0.1, -0.05) is 56.3 Å². The van der Waals surface area contributed by atoms with Crippen LogP contribution in [0.2, 0.25) is 0 Å². The number of aliphatic hydroxyl groups is 1. The maximum absolute atomic E-state index is 15.4. The molecule has 7 atom stereocenters. The Morgan fingerprint density at radius 2 is 1.69 bits per heavy atom. The quantitative estimate of drug-likeness (QED) is 0.296. The molecular weight excluding hydrogens is 628 g/mol. The number of carbonyl (C=O) groups is 3. The third-order valence-corrected chi connectivity index (χ3v) is 10.4. The minimum Gasteiger partial charge on any atom is -0.497 e. The lowest BCUT2D eigenvalue weighted by atomic mass is 9.75. The minimum absolute atomic E-state index is 0.148. The summed E-state index contributed by atoms with van der Waals surface area (Å²) in [6.45, 7) is 5.41. The number of hydrogen-bond donors (Lipinski definition) is 2. The van der Waals surface area contributed by atoms with Gasteiger partial charge in [0, 0.05) is 43.0 Å². The van der Waals surface area contributed by atoms with Crippen molar-refractivity contribution in [3.8, 4) is 23.0 Å². The van der Waals surface area contributed by atoms with Gasteiger partial charge in [0.05, 0.1) is 32.8 Å². The number of methoxy groups -OCH3 is 3. The fourth-order valence-electron chi connectivity index (χ4n) is 7.93. The Balaban J connectivity index is 1.66. The molecule has 0 radical (unpaired) electrons. The van der Waals surface area contributed by atoms with Crippen LogP contribution < -0.4 is 24.3 Å². The molecule has 2 fully saturated rings. The predicted molar refractivity (Wildman–Crippen MR) is 179 cm³/mol. The Labute approximate surface area is 286 Å². The molecule has 11 heteroatoms. The Morgan fingerprint density at radius 1 is 1.00 bits per heavy atom. The molecule has 2 amide bonds. The van der Waals surface area contributed by atoms with Crippen LogP contribution in [0, 0.1) is 11.8 Å². The number of amides is 2. The van der Waals surface area contributed by atoms with Crippen molar-refractivity contribution < 1.29 is 43.2 Å². The van der Waals surface area contributed by atoms with Crippen molar-refractivity contribution in [2.45, 2.75) is 69.4 Å². The summed E-state index contributed by atoms with van der Waals surface area (Å²) in [7, 11) is 4.52. The SMILES string of the molecule is CCC(C)C(=O)N[C@@H]1CCCN1C(=O)[C@H]1[C@H](c2ccccc2)[C@]2(c3ccc(OC)cc3)Oc3cc(OC)cc(OC)c3[C@@]1(O)[C@H]2OC(C)=O. The zero-order chi connectivity index (χ0) is 35.1. The van der Waals surface area contributed by atoms with Gasteiger partial charge in [-0.25, -0.2) is 0 Å². The number of fused-ring (bicyclic) bond motifs is 4. The predicted octanol–water partition coefficient (Wildman–Crippen LogP) is 4.64. The van der Waals surface area contributed by atoms with Crippen molar-refractivity contribution in [3.05, 3.63) is 83.4 Å². The summed E-state index contributed by atoms with van der Waals surface area (Å²) in [5.74, 6) is -2.24. The average molecular weight is 673 g/mol. The molecule has 1 saturated heterocycles. The molecule has 11 nitrogen and oxygen atoms in total. The van der Waals surface area contributed by atoms with E-state index in [-0.39, 0.29) is 28.9 Å². The summed E-state index contributed by atoms with van der Waals surface area (Å²) in [5.41, 5.74) is -2.40. The Kier molecular flexibility index (Phi) is 9.23. The normalized spacial score (nSPS) is 27.4. The van der Waals surface area contributed by atoms with E-state index < -0.39 is 47.2 Å². The highest BCUT2D eigenvalue weighted by molar-refractivity contribution is 5.86. The molecule has 1 unspecified atom stereocenters. The fraction of sp³-hybridized carbons (Fsp3) is 0.447. The van der Waals surface area contributed by atoms with Crippen LogP contribution in [-0.4, -0.2) is 67.9 Å². The first-order chi connectivity index (χ1) is 23.5. The largest absolute Gasteiger partial charge is 0.497 e. The third kappa shape index (κ3) is 5.44. The summed E-state index contributed by atoms with van der Waals surface area (Å²) >= 11 is 0. The molecule has 49 heavy (non-hydrogen) atoms. The van der Waals surface area contributed by atoms with Gasteiger partial charge in [-0.05, 0) is 37.0 Å². The number of nitrogens with zero attached hydrogens (tertiary/aromatic N) is 1. The van der Waals surface area contributed by atoms with Gasteiger partial charge < -0.3 is 39.0 Å². The summed E-state index contributed by atoms with van der Waals surface area (Å²) in [5, 5.41) is 16.6. The van der Waals surface area contributed by atoms with Crippen molar-refractivity contribution in [1.29, 1.82) is 0 Å². The topological polar surface area (TPSA) is 133 Å². The molecule has 1 aliphatic carbocycles. The van der Waals surface area contributed by atoms with Crippen LogP contribution in [-0.2, 0) is 30.3 Å². The van der Waals surface area contributed by atoms with E-state index in [4.69, 9.17) is 23.7 Å². The van der Waals surface area contributed by atoms with E-state index in [0.717, 1.165) is 0 Å². The zero-order valence-corrected chi connectivity index (χ0v) is 28.7. The van der Waals surface area contributed by atoms with E-state index >= 15 is 4.79 Å². The molecule has 260 valence electrons. The van der Waals surface area contributed by atoms with Crippen LogP contribution in [0.25, 0.3) is 0 Å². The highest BCUT2D eigenvalue weighted by Gasteiger charge is 2.78. The monoisotopic (exact) mass is 672 g/mol. The summed E-state index contributed by atoms with van der Waals surface area (Å²) < 4.78 is 30.2. The first-order valence-corrected chi connectivity index (χ1v) is 16.7. The average Bonchev–Trinajstić information content (AvgIpc) is 3.63. The Morgan fingerprint density at radius 3 is 2.31 bits per heavy atom. The molecule has 2 bridgehead atoms. The Hall–Kier alpha value is -4.77. The van der Waals surface area contributed by atoms with Gasteiger partial charge in [0.15, 0.2) is 17.3 Å². The van der Waals surface area contributed by atoms with Crippen LogP contribution in [0.3, 0.4) is 0 Å². The summed E-state index contributed by atoms with van der Waals surface area (Å²) in [6, 6.07) is 19.7. The lowest BCUT2D eigenvalue weighted by Gasteiger charge is -2.46. The van der Waals surface area contributed by atoms with Crippen molar-refractivity contribution in [1.82, 2.24) is 10.2 Å². The molecule has 1 saturated carbocycles. The van der Waals surface area contributed by atoms with Crippen LogP contribution in [0.5, 0.6) is 23.0 Å². The van der Waals surface area contributed by atoms with E-state index in [9.17, 15) is 14.7 Å². The summed E-state index contributed by atoms with van der Waals surface area (Å²) in [4.78, 5) is 43.2. The molecule has 3 aromatic carbocycles. The maximum Gasteiger partial charge on any atom is 0.303 e. The second kappa shape index (κ2) is 13.3. The lowest BCUT2D eigenvalue weighted by Crippen LogP contribution is -2.57. The molecule has 3 aliphatic rings. The van der Waals surface area contributed by atoms with E-state index in [1.54, 1.807) is 48.4 Å². The van der Waals surface area contributed by atoms with Crippen LogP contribution in [0.4, 0.5) is 0 Å².